The van der Waals surface area contributed by atoms with Crippen molar-refractivity contribution in [2.75, 3.05) is 0 Å². The van der Waals surface area contributed by atoms with Crippen LogP contribution in [-0.2, 0) is 25.7 Å². The number of hydrogen-bond acceptors (Lipinski definition) is 4. The van der Waals surface area contributed by atoms with Crippen molar-refractivity contribution < 1.29 is 33.3 Å². The van der Waals surface area contributed by atoms with E-state index < -0.39 is 10.2 Å². The molecule has 6 rings (SSSR count). The van der Waals surface area contributed by atoms with Gasteiger partial charge in [-0.15, -0.1) is 0 Å². The minimum absolute atomic E-state index is 1.04. The summed E-state index contributed by atoms with van der Waals surface area (Å²) in [4.78, 5) is 0. The average Bonchev–Trinajstić information content (AvgIpc) is 2.82. The van der Waals surface area contributed by atoms with E-state index in [-0.39, 0.29) is 0 Å². The standard InChI is InChI=1S/C28H23O.ClH2O4/c1-18-10-12-21(13-11-18)26-24-16-14-19-6-2-4-8-22(19)27(24)29-28-23-9-5-3-7-20(23)15-17-25(26)28;2-1(3,4)5/h2-13H,14-17H2,1H3;2-3H/q+1;-1. The number of halogens is 1. The van der Waals surface area contributed by atoms with Crippen LogP contribution in [0.3, 0.4) is 0 Å². The molecule has 0 atom stereocenters. The fraction of sp³-hybridized carbons (Fsp3) is 0.179. The molecule has 174 valence electrons. The molecule has 0 radical (unpaired) electrons. The summed E-state index contributed by atoms with van der Waals surface area (Å²) in [6, 6.07) is 26.5. The Hall–Kier alpha value is -3.06. The van der Waals surface area contributed by atoms with E-state index in [4.69, 9.17) is 23.1 Å². The number of fused-ring (bicyclic) bond motifs is 6. The zero-order valence-electron chi connectivity index (χ0n) is 18.8. The van der Waals surface area contributed by atoms with Gasteiger partial charge in [-0.25, -0.2) is 4.42 Å². The van der Waals surface area contributed by atoms with Crippen molar-refractivity contribution in [1.29, 1.82) is 0 Å². The summed E-state index contributed by atoms with van der Waals surface area (Å²) in [5, 5.41) is 0. The molecule has 6 heteroatoms. The number of aryl methyl sites for hydroxylation is 3. The van der Waals surface area contributed by atoms with Crippen molar-refractivity contribution in [1.82, 2.24) is 0 Å². The van der Waals surface area contributed by atoms with Gasteiger partial charge in [0.2, 0.25) is 0 Å². The van der Waals surface area contributed by atoms with E-state index >= 15 is 0 Å². The summed E-state index contributed by atoms with van der Waals surface area (Å²) < 4.78 is 38.2. The van der Waals surface area contributed by atoms with Crippen molar-refractivity contribution in [3.63, 3.8) is 0 Å². The quantitative estimate of drug-likeness (QED) is 0.409. The molecule has 0 amide bonds. The second-order valence-electron chi connectivity index (χ2n) is 8.69. The Balaban J connectivity index is 0.000000439. The summed E-state index contributed by atoms with van der Waals surface area (Å²) in [7, 11) is -4.44. The Morgan fingerprint density at radius 1 is 0.676 bits per heavy atom. The molecule has 1 aromatic heterocycles. The first-order valence-corrected chi connectivity index (χ1v) is 12.5. The van der Waals surface area contributed by atoms with Crippen molar-refractivity contribution >= 4 is 0 Å². The van der Waals surface area contributed by atoms with Gasteiger partial charge in [0.1, 0.15) is 0 Å². The second kappa shape index (κ2) is 8.95. The van der Waals surface area contributed by atoms with Gasteiger partial charge in [-0.1, -0.05) is 66.2 Å². The monoisotopic (exact) mass is 476 g/mol. The Morgan fingerprint density at radius 3 is 1.59 bits per heavy atom. The molecule has 0 unspecified atom stereocenters. The maximum absolute atomic E-state index is 8.72. The third kappa shape index (κ3) is 4.49. The number of benzene rings is 3. The van der Waals surface area contributed by atoms with Crippen LogP contribution >= 0.6 is 0 Å². The SMILES string of the molecule is Cc1ccc(-c2c3c([o+]c4c2CCc2ccccc2-4)-c2ccccc2CC3)cc1.[O-][Cl+]([O-])(O)O. The summed E-state index contributed by atoms with van der Waals surface area (Å²) in [6.07, 6.45) is 4.22. The summed E-state index contributed by atoms with van der Waals surface area (Å²) in [5.74, 6) is 2.13. The normalized spacial score (nSPS) is 14.0. The second-order valence-corrected chi connectivity index (χ2v) is 9.52. The van der Waals surface area contributed by atoms with Crippen LogP contribution in [0.5, 0.6) is 0 Å². The van der Waals surface area contributed by atoms with E-state index in [1.165, 1.54) is 50.1 Å². The van der Waals surface area contributed by atoms with E-state index in [9.17, 15) is 0 Å². The van der Waals surface area contributed by atoms with E-state index in [1.807, 2.05) is 0 Å². The van der Waals surface area contributed by atoms with Crippen LogP contribution in [0.1, 0.15) is 27.8 Å². The summed E-state index contributed by atoms with van der Waals surface area (Å²) in [6.45, 7) is 2.15. The van der Waals surface area contributed by atoms with E-state index in [2.05, 4.69) is 79.7 Å². The molecule has 0 saturated heterocycles. The van der Waals surface area contributed by atoms with Crippen LogP contribution in [0, 0.1) is 17.2 Å². The zero-order valence-corrected chi connectivity index (χ0v) is 19.5. The molecule has 2 aliphatic carbocycles. The topological polar surface area (TPSA) is 97.9 Å². The van der Waals surface area contributed by atoms with Crippen LogP contribution in [0.15, 0.2) is 77.2 Å². The summed E-state index contributed by atoms with van der Waals surface area (Å²) in [5.41, 5.74) is 12.1. The van der Waals surface area contributed by atoms with Gasteiger partial charge in [0.15, 0.2) is 0 Å². The van der Waals surface area contributed by atoms with Gasteiger partial charge < -0.3 is 0 Å². The molecule has 0 spiro atoms. The van der Waals surface area contributed by atoms with Gasteiger partial charge in [-0.3, -0.25) is 0 Å². The van der Waals surface area contributed by atoms with Crippen LogP contribution in [-0.4, -0.2) is 9.32 Å². The van der Waals surface area contributed by atoms with Gasteiger partial charge in [-0.05, 0) is 61.4 Å². The first-order valence-electron chi connectivity index (χ1n) is 11.2. The van der Waals surface area contributed by atoms with Crippen LogP contribution in [0.2, 0.25) is 0 Å². The predicted octanol–water partition coefficient (Wildman–Crippen LogP) is 3.58. The molecule has 0 bridgehead atoms. The minimum atomic E-state index is -4.44. The molecular formula is C28H25ClO5. The third-order valence-electron chi connectivity index (χ3n) is 6.51. The average molecular weight is 477 g/mol. The molecule has 2 aliphatic rings. The number of rotatable bonds is 1. The summed E-state index contributed by atoms with van der Waals surface area (Å²) >= 11 is 0. The molecule has 0 saturated carbocycles. The predicted molar refractivity (Wildman–Crippen MR) is 123 cm³/mol. The van der Waals surface area contributed by atoms with Gasteiger partial charge >= 0.3 is 40.4 Å². The van der Waals surface area contributed by atoms with Crippen LogP contribution < -0.4 is 9.32 Å². The van der Waals surface area contributed by atoms with Crippen molar-refractivity contribution in [3.8, 4) is 33.8 Å². The third-order valence-corrected chi connectivity index (χ3v) is 6.51. The Morgan fingerprint density at radius 2 is 1.12 bits per heavy atom. The number of hydrogen-bond donors (Lipinski definition) is 2. The van der Waals surface area contributed by atoms with Crippen molar-refractivity contribution in [2.45, 2.75) is 32.6 Å². The van der Waals surface area contributed by atoms with Gasteiger partial charge in [0, 0.05) is 5.56 Å². The van der Waals surface area contributed by atoms with Crippen LogP contribution in [0.25, 0.3) is 33.8 Å². The Bertz CT molecular complexity index is 1280. The molecule has 0 fully saturated rings. The molecule has 2 N–H and O–H groups in total. The fourth-order valence-corrected chi connectivity index (χ4v) is 5.05. The molecular weight excluding hydrogens is 452 g/mol. The first kappa shape index (κ1) is 22.7. The zero-order chi connectivity index (χ0) is 23.9. The molecule has 4 aromatic rings. The fourth-order valence-electron chi connectivity index (χ4n) is 5.05. The van der Waals surface area contributed by atoms with E-state index in [1.54, 1.807) is 0 Å². The molecule has 5 nitrogen and oxygen atoms in total. The first-order chi connectivity index (χ1) is 16.3. The molecule has 34 heavy (non-hydrogen) atoms. The molecule has 0 aliphatic heterocycles. The maximum atomic E-state index is 8.72. The molecule has 3 aromatic carbocycles. The van der Waals surface area contributed by atoms with Gasteiger partial charge in [0.25, 0.3) is 0 Å². The van der Waals surface area contributed by atoms with E-state index in [0.717, 1.165) is 37.2 Å². The Labute approximate surface area is 200 Å². The van der Waals surface area contributed by atoms with Crippen molar-refractivity contribution in [3.05, 3.63) is 101 Å². The van der Waals surface area contributed by atoms with Crippen molar-refractivity contribution in [2.24, 2.45) is 0 Å². The van der Waals surface area contributed by atoms with Crippen LogP contribution in [0.4, 0.5) is 0 Å². The van der Waals surface area contributed by atoms with Gasteiger partial charge in [0.05, 0.1) is 22.3 Å². The van der Waals surface area contributed by atoms with E-state index in [0.29, 0.717) is 0 Å². The van der Waals surface area contributed by atoms with Gasteiger partial charge in [-0.2, -0.15) is 0 Å². The molecule has 1 heterocycles. The Kier molecular flexibility index (Phi) is 5.98.